The second-order valence-electron chi connectivity index (χ2n) is 6.64. The van der Waals surface area contributed by atoms with Crippen LogP contribution in [-0.2, 0) is 0 Å². The van der Waals surface area contributed by atoms with Crippen molar-refractivity contribution in [3.05, 3.63) is 35.4 Å². The maximum absolute atomic E-state index is 5.54. The summed E-state index contributed by atoms with van der Waals surface area (Å²) in [5.41, 5.74) is 2.08. The highest BCUT2D eigenvalue weighted by molar-refractivity contribution is 5.59. The van der Waals surface area contributed by atoms with E-state index in [4.69, 9.17) is 28.4 Å². The number of hydrogen-bond donors (Lipinski definition) is 0. The van der Waals surface area contributed by atoms with E-state index < -0.39 is 0 Å². The molecule has 0 spiro atoms. The molecule has 0 aliphatic heterocycles. The van der Waals surface area contributed by atoms with Gasteiger partial charge >= 0.3 is 0 Å². The van der Waals surface area contributed by atoms with E-state index in [1.165, 1.54) is 0 Å². The van der Waals surface area contributed by atoms with Crippen LogP contribution < -0.4 is 28.4 Å². The van der Waals surface area contributed by atoms with Crippen LogP contribution in [0.25, 0.3) is 0 Å². The largest absolute Gasteiger partial charge is 0.493 e. The maximum Gasteiger partial charge on any atom is 0.203 e. The van der Waals surface area contributed by atoms with Gasteiger partial charge in [-0.05, 0) is 41.3 Å². The van der Waals surface area contributed by atoms with Crippen molar-refractivity contribution in [1.29, 1.82) is 0 Å². The topological polar surface area (TPSA) is 55.4 Å². The third kappa shape index (κ3) is 4.06. The van der Waals surface area contributed by atoms with Crippen LogP contribution in [0.5, 0.6) is 34.5 Å². The molecule has 0 atom stereocenters. The highest BCUT2D eigenvalue weighted by Gasteiger charge is 2.25. The summed E-state index contributed by atoms with van der Waals surface area (Å²) in [4.78, 5) is 0. The van der Waals surface area contributed by atoms with Crippen molar-refractivity contribution in [3.63, 3.8) is 0 Å². The van der Waals surface area contributed by atoms with Gasteiger partial charge in [0, 0.05) is 5.92 Å². The number of methoxy groups -OCH3 is 6. The minimum atomic E-state index is 0.0439. The second-order valence-corrected chi connectivity index (χ2v) is 6.64. The SMILES string of the molecule is COc1cc(C(c2cc(OC)c(OC)c(OC)c2)C(C)C)cc(OC)c1OC. The summed E-state index contributed by atoms with van der Waals surface area (Å²) in [6, 6.07) is 7.93. The van der Waals surface area contributed by atoms with E-state index in [9.17, 15) is 0 Å². The van der Waals surface area contributed by atoms with E-state index in [0.717, 1.165) is 11.1 Å². The normalized spacial score (nSPS) is 10.8. The van der Waals surface area contributed by atoms with Crippen LogP contribution in [0.15, 0.2) is 24.3 Å². The maximum atomic E-state index is 5.54. The lowest BCUT2D eigenvalue weighted by Crippen LogP contribution is -2.11. The van der Waals surface area contributed by atoms with Gasteiger partial charge in [0.15, 0.2) is 23.0 Å². The fourth-order valence-corrected chi connectivity index (χ4v) is 3.52. The van der Waals surface area contributed by atoms with E-state index in [0.29, 0.717) is 34.5 Å². The van der Waals surface area contributed by atoms with E-state index >= 15 is 0 Å². The fraction of sp³-hybridized carbons (Fsp3) is 0.455. The first-order valence-electron chi connectivity index (χ1n) is 9.05. The first-order valence-corrected chi connectivity index (χ1v) is 9.05. The molecule has 0 bridgehead atoms. The molecular formula is C22H30O6. The monoisotopic (exact) mass is 390 g/mol. The minimum Gasteiger partial charge on any atom is -0.493 e. The molecule has 28 heavy (non-hydrogen) atoms. The highest BCUT2D eigenvalue weighted by Crippen LogP contribution is 2.46. The molecular weight excluding hydrogens is 360 g/mol. The molecule has 2 aromatic carbocycles. The van der Waals surface area contributed by atoms with Gasteiger partial charge in [-0.2, -0.15) is 0 Å². The third-order valence-corrected chi connectivity index (χ3v) is 4.76. The Hall–Kier alpha value is -2.76. The summed E-state index contributed by atoms with van der Waals surface area (Å²) in [6.07, 6.45) is 0. The molecule has 0 aromatic heterocycles. The predicted molar refractivity (Wildman–Crippen MR) is 109 cm³/mol. The highest BCUT2D eigenvalue weighted by atomic mass is 16.5. The van der Waals surface area contributed by atoms with E-state index in [1.807, 2.05) is 24.3 Å². The summed E-state index contributed by atoms with van der Waals surface area (Å²) in [5.74, 6) is 3.95. The molecule has 0 aliphatic carbocycles. The van der Waals surface area contributed by atoms with E-state index in [-0.39, 0.29) is 11.8 Å². The zero-order chi connectivity index (χ0) is 20.8. The van der Waals surface area contributed by atoms with Crippen LogP contribution >= 0.6 is 0 Å². The predicted octanol–water partition coefficient (Wildman–Crippen LogP) is 4.53. The van der Waals surface area contributed by atoms with Gasteiger partial charge in [-0.15, -0.1) is 0 Å². The Balaban J connectivity index is 2.70. The van der Waals surface area contributed by atoms with Gasteiger partial charge in [0.25, 0.3) is 0 Å². The number of rotatable bonds is 9. The summed E-state index contributed by atoms with van der Waals surface area (Å²) in [6.45, 7) is 4.33. The lowest BCUT2D eigenvalue weighted by Gasteiger charge is -2.25. The second kappa shape index (κ2) is 9.44. The zero-order valence-electron chi connectivity index (χ0n) is 17.9. The van der Waals surface area contributed by atoms with Crippen molar-refractivity contribution in [2.24, 2.45) is 5.92 Å². The van der Waals surface area contributed by atoms with Gasteiger partial charge in [-0.1, -0.05) is 13.8 Å². The fourth-order valence-electron chi connectivity index (χ4n) is 3.52. The number of hydrogen-bond acceptors (Lipinski definition) is 6. The van der Waals surface area contributed by atoms with Crippen molar-refractivity contribution >= 4 is 0 Å². The van der Waals surface area contributed by atoms with Crippen molar-refractivity contribution in [2.45, 2.75) is 19.8 Å². The van der Waals surface area contributed by atoms with E-state index in [1.54, 1.807) is 42.7 Å². The molecule has 0 radical (unpaired) electrons. The summed E-state index contributed by atoms with van der Waals surface area (Å²) < 4.78 is 33.1. The molecule has 0 saturated carbocycles. The standard InChI is InChI=1S/C22H30O6/c1-13(2)20(14-9-16(23-3)21(27-7)17(10-14)24-4)15-11-18(25-5)22(28-8)19(12-15)26-6/h9-13,20H,1-8H3. The van der Waals surface area contributed by atoms with Crippen molar-refractivity contribution in [1.82, 2.24) is 0 Å². The lowest BCUT2D eigenvalue weighted by molar-refractivity contribution is 0.321. The Kier molecular flexibility index (Phi) is 7.26. The Morgan fingerprint density at radius 3 is 0.964 bits per heavy atom. The van der Waals surface area contributed by atoms with Crippen LogP contribution in [0, 0.1) is 5.92 Å². The average molecular weight is 390 g/mol. The van der Waals surface area contributed by atoms with Gasteiger partial charge in [0.1, 0.15) is 0 Å². The van der Waals surface area contributed by atoms with Crippen LogP contribution in [0.1, 0.15) is 30.9 Å². The van der Waals surface area contributed by atoms with Crippen LogP contribution in [0.4, 0.5) is 0 Å². The summed E-state index contributed by atoms with van der Waals surface area (Å²) in [5, 5.41) is 0. The number of ether oxygens (including phenoxy) is 6. The molecule has 0 unspecified atom stereocenters. The lowest BCUT2D eigenvalue weighted by atomic mass is 9.82. The average Bonchev–Trinajstić information content (AvgIpc) is 2.71. The quantitative estimate of drug-likeness (QED) is 0.627. The van der Waals surface area contributed by atoms with Gasteiger partial charge < -0.3 is 28.4 Å². The molecule has 6 heteroatoms. The van der Waals surface area contributed by atoms with Crippen LogP contribution in [0.2, 0.25) is 0 Å². The Labute approximate surface area is 167 Å². The van der Waals surface area contributed by atoms with Gasteiger partial charge in [0.2, 0.25) is 11.5 Å². The third-order valence-electron chi connectivity index (χ3n) is 4.76. The summed E-state index contributed by atoms with van der Waals surface area (Å²) >= 11 is 0. The Morgan fingerprint density at radius 2 is 0.786 bits per heavy atom. The molecule has 0 amide bonds. The smallest absolute Gasteiger partial charge is 0.203 e. The Morgan fingerprint density at radius 1 is 0.500 bits per heavy atom. The number of benzene rings is 2. The van der Waals surface area contributed by atoms with Crippen LogP contribution in [-0.4, -0.2) is 42.7 Å². The molecule has 6 nitrogen and oxygen atoms in total. The van der Waals surface area contributed by atoms with Crippen molar-refractivity contribution in [2.75, 3.05) is 42.7 Å². The van der Waals surface area contributed by atoms with Gasteiger partial charge in [-0.25, -0.2) is 0 Å². The molecule has 0 aliphatic rings. The summed E-state index contributed by atoms with van der Waals surface area (Å²) in [7, 11) is 9.66. The first-order chi connectivity index (χ1) is 13.4. The van der Waals surface area contributed by atoms with Gasteiger partial charge in [-0.3, -0.25) is 0 Å². The molecule has 0 saturated heterocycles. The molecule has 2 aromatic rings. The van der Waals surface area contributed by atoms with Crippen molar-refractivity contribution in [3.8, 4) is 34.5 Å². The molecule has 154 valence electrons. The molecule has 2 rings (SSSR count). The van der Waals surface area contributed by atoms with Crippen molar-refractivity contribution < 1.29 is 28.4 Å². The van der Waals surface area contributed by atoms with Crippen LogP contribution in [0.3, 0.4) is 0 Å². The molecule has 0 fully saturated rings. The van der Waals surface area contributed by atoms with E-state index in [2.05, 4.69) is 13.8 Å². The first kappa shape index (κ1) is 21.5. The zero-order valence-corrected chi connectivity index (χ0v) is 17.9. The van der Waals surface area contributed by atoms with Gasteiger partial charge in [0.05, 0.1) is 42.7 Å². The molecule has 0 N–H and O–H groups in total. The minimum absolute atomic E-state index is 0.0439. The molecule has 0 heterocycles. The Bertz CT molecular complexity index is 686.